The van der Waals surface area contributed by atoms with Gasteiger partial charge in [0.1, 0.15) is 29.6 Å². The number of likely N-dealkylation sites (tertiary alicyclic amines) is 1. The highest BCUT2D eigenvalue weighted by molar-refractivity contribution is 9.09. The van der Waals surface area contributed by atoms with Crippen LogP contribution in [0, 0.1) is 11.8 Å². The molecule has 12 nitrogen and oxygen atoms in total. The molecule has 3 fully saturated rings. The number of amides is 3. The number of benzene rings is 3. The Labute approximate surface area is 316 Å². The summed E-state index contributed by atoms with van der Waals surface area (Å²) < 4.78 is 14.1. The van der Waals surface area contributed by atoms with Crippen molar-refractivity contribution in [2.75, 3.05) is 31.2 Å². The first-order chi connectivity index (χ1) is 25.8. The number of halogens is 1. The molecular formula is C40H43BrN6O6. The van der Waals surface area contributed by atoms with Crippen LogP contribution in [0.15, 0.2) is 104 Å². The molecule has 0 radical (unpaired) electrons. The number of aliphatic hydroxyl groups is 1. The third-order valence-corrected chi connectivity index (χ3v) is 11.4. The summed E-state index contributed by atoms with van der Waals surface area (Å²) in [6.07, 6.45) is 3.18. The average Bonchev–Trinajstić information content (AvgIpc) is 3.90. The van der Waals surface area contributed by atoms with Crippen LogP contribution in [0.3, 0.4) is 0 Å². The van der Waals surface area contributed by atoms with Crippen molar-refractivity contribution >= 4 is 50.4 Å². The third-order valence-electron chi connectivity index (χ3n) is 10.6. The number of ether oxygens (including phenoxy) is 2. The minimum atomic E-state index is -1.36. The maximum absolute atomic E-state index is 15.2. The zero-order chi connectivity index (χ0) is 37.3. The van der Waals surface area contributed by atoms with E-state index in [1.54, 1.807) is 50.9 Å². The van der Waals surface area contributed by atoms with Crippen molar-refractivity contribution in [3.8, 4) is 5.75 Å². The highest BCUT2D eigenvalue weighted by atomic mass is 79.9. The molecule has 3 aliphatic rings. The van der Waals surface area contributed by atoms with Crippen LogP contribution in [0.25, 0.3) is 11.0 Å². The molecular weight excluding hydrogens is 740 g/mol. The summed E-state index contributed by atoms with van der Waals surface area (Å²) in [5, 5.41) is 19.5. The van der Waals surface area contributed by atoms with Crippen molar-refractivity contribution in [3.63, 3.8) is 0 Å². The fourth-order valence-corrected chi connectivity index (χ4v) is 9.35. The van der Waals surface area contributed by atoms with E-state index in [4.69, 9.17) is 9.47 Å². The van der Waals surface area contributed by atoms with Crippen LogP contribution in [-0.2, 0) is 32.2 Å². The molecule has 1 aromatic heterocycles. The van der Waals surface area contributed by atoms with Crippen LogP contribution >= 0.6 is 15.9 Å². The van der Waals surface area contributed by atoms with E-state index >= 15 is 9.59 Å². The molecule has 3 aromatic carbocycles. The Morgan fingerprint density at radius 1 is 1.06 bits per heavy atom. The first-order valence-electron chi connectivity index (χ1n) is 17.9. The van der Waals surface area contributed by atoms with Gasteiger partial charge in [-0.3, -0.25) is 14.4 Å². The maximum Gasteiger partial charge on any atom is 0.250 e. The molecule has 3 amide bonds. The predicted molar refractivity (Wildman–Crippen MR) is 203 cm³/mol. The predicted octanol–water partition coefficient (Wildman–Crippen LogP) is 4.37. The Bertz CT molecular complexity index is 1990. The van der Waals surface area contributed by atoms with Crippen LogP contribution in [0.2, 0.25) is 0 Å². The zero-order valence-corrected chi connectivity index (χ0v) is 31.1. The maximum atomic E-state index is 15.2. The van der Waals surface area contributed by atoms with Gasteiger partial charge in [-0.1, -0.05) is 75.8 Å². The van der Waals surface area contributed by atoms with Crippen molar-refractivity contribution in [2.45, 2.75) is 55.0 Å². The van der Waals surface area contributed by atoms with Gasteiger partial charge in [-0.05, 0) is 61.7 Å². The SMILES string of the molecule is C=CCN(Cn1nnc2ccccc21)C(=O)C1N([C@@H](CO)Cc2ccccc2)C(=O)[C@@H]2[C@@H](C(=O)N(CC=C)c3ccc(OCC)cc3)[C@@H]3OC12CC3Br. The molecule has 1 N–H and O–H groups in total. The monoisotopic (exact) mass is 782 g/mol. The highest BCUT2D eigenvalue weighted by Gasteiger charge is 2.77. The Balaban J connectivity index is 1.30. The summed E-state index contributed by atoms with van der Waals surface area (Å²) in [7, 11) is 0. The van der Waals surface area contributed by atoms with E-state index in [2.05, 4.69) is 39.4 Å². The van der Waals surface area contributed by atoms with Crippen LogP contribution < -0.4 is 9.64 Å². The number of fused-ring (bicyclic) bond motifs is 2. The molecule has 0 saturated carbocycles. The molecule has 0 aliphatic carbocycles. The number of anilines is 1. The van der Waals surface area contributed by atoms with Crippen LogP contribution in [-0.4, -0.2) is 103 Å². The Morgan fingerprint density at radius 3 is 2.47 bits per heavy atom. The molecule has 276 valence electrons. The minimum Gasteiger partial charge on any atom is -0.494 e. The van der Waals surface area contributed by atoms with Gasteiger partial charge in [0.15, 0.2) is 0 Å². The molecule has 3 unspecified atom stereocenters. The fourth-order valence-electron chi connectivity index (χ4n) is 8.41. The molecule has 4 heterocycles. The molecule has 7 rings (SSSR count). The summed E-state index contributed by atoms with van der Waals surface area (Å²) in [4.78, 5) is 49.5. The summed E-state index contributed by atoms with van der Waals surface area (Å²) in [6, 6.07) is 22.3. The van der Waals surface area contributed by atoms with Gasteiger partial charge < -0.3 is 29.3 Å². The molecule has 4 aromatic rings. The number of carbonyl (C=O) groups is 3. The number of hydrogen-bond donors (Lipinski definition) is 1. The summed E-state index contributed by atoms with van der Waals surface area (Å²) in [5.41, 5.74) is 1.56. The Morgan fingerprint density at radius 2 is 1.77 bits per heavy atom. The molecule has 1 spiro atoms. The number of rotatable bonds is 15. The Kier molecular flexibility index (Phi) is 10.5. The van der Waals surface area contributed by atoms with Gasteiger partial charge in [0.2, 0.25) is 17.7 Å². The van der Waals surface area contributed by atoms with E-state index < -0.39 is 54.0 Å². The molecule has 53 heavy (non-hydrogen) atoms. The van der Waals surface area contributed by atoms with E-state index in [0.29, 0.717) is 36.4 Å². The van der Waals surface area contributed by atoms with Crippen molar-refractivity contribution in [1.29, 1.82) is 0 Å². The van der Waals surface area contributed by atoms with Crippen molar-refractivity contribution in [3.05, 3.63) is 110 Å². The Hall–Kier alpha value is -4.85. The molecule has 3 aliphatic heterocycles. The van der Waals surface area contributed by atoms with Gasteiger partial charge in [-0.25, -0.2) is 4.68 Å². The second-order valence-corrected chi connectivity index (χ2v) is 14.8. The van der Waals surface area contributed by atoms with Crippen molar-refractivity contribution in [1.82, 2.24) is 24.8 Å². The zero-order valence-electron chi connectivity index (χ0n) is 29.5. The number of aliphatic hydroxyl groups excluding tert-OH is 1. The summed E-state index contributed by atoms with van der Waals surface area (Å²) >= 11 is 3.80. The lowest BCUT2D eigenvalue weighted by Gasteiger charge is -2.39. The first kappa shape index (κ1) is 36.5. The number of hydrogen-bond acceptors (Lipinski definition) is 8. The van der Waals surface area contributed by atoms with Gasteiger partial charge in [0.05, 0.1) is 42.7 Å². The van der Waals surface area contributed by atoms with Crippen LogP contribution in [0.5, 0.6) is 5.75 Å². The number of nitrogens with zero attached hydrogens (tertiary/aromatic N) is 6. The van der Waals surface area contributed by atoms with Gasteiger partial charge in [-0.15, -0.1) is 18.3 Å². The minimum absolute atomic E-state index is 0.0293. The van der Waals surface area contributed by atoms with Crippen LogP contribution in [0.1, 0.15) is 18.9 Å². The van der Waals surface area contributed by atoms with Gasteiger partial charge >= 0.3 is 0 Å². The molecule has 13 heteroatoms. The third kappa shape index (κ3) is 6.44. The molecule has 7 atom stereocenters. The summed E-state index contributed by atoms with van der Waals surface area (Å²) in [6.45, 7) is 10.2. The first-order valence-corrected chi connectivity index (χ1v) is 18.8. The quantitative estimate of drug-likeness (QED) is 0.139. The number of para-hydroxylation sites is 1. The smallest absolute Gasteiger partial charge is 0.250 e. The lowest BCUT2D eigenvalue weighted by Crippen LogP contribution is -2.59. The fraction of sp³-hybridized carbons (Fsp3) is 0.375. The normalized spacial score (nSPS) is 24.9. The van der Waals surface area contributed by atoms with E-state index in [1.165, 1.54) is 4.90 Å². The second-order valence-electron chi connectivity index (χ2n) is 13.7. The lowest BCUT2D eigenvalue weighted by atomic mass is 9.70. The van der Waals surface area contributed by atoms with Crippen LogP contribution in [0.4, 0.5) is 5.69 Å². The second kappa shape index (κ2) is 15.2. The topological polar surface area (TPSA) is 130 Å². The highest BCUT2D eigenvalue weighted by Crippen LogP contribution is 2.61. The standard InChI is InChI=1S/C40H43BrN6O6/c1-4-20-44(25-46-32-15-11-10-14-31(32)42-43-46)39(51)36-40-23-30(41)35(53-40)33(37(49)45(21-5-2)27-16-18-29(19-17-27)52-6-3)34(40)38(50)47(36)28(24-48)22-26-12-8-7-9-13-26/h4-5,7-19,28,30,33-36,48H,1-2,6,20-25H2,3H3/t28-,30?,33-,34+,35-,36?,40?/m1/s1. The van der Waals surface area contributed by atoms with Gasteiger partial charge in [-0.2, -0.15) is 0 Å². The summed E-state index contributed by atoms with van der Waals surface area (Å²) in [5.74, 6) is -2.33. The number of aromatic nitrogens is 3. The van der Waals surface area contributed by atoms with Crippen molar-refractivity contribution in [2.24, 2.45) is 11.8 Å². The van der Waals surface area contributed by atoms with E-state index in [0.717, 1.165) is 11.1 Å². The average molecular weight is 784 g/mol. The molecule has 3 saturated heterocycles. The lowest BCUT2D eigenvalue weighted by molar-refractivity contribution is -0.152. The van der Waals surface area contributed by atoms with Crippen molar-refractivity contribution < 1.29 is 29.0 Å². The van der Waals surface area contributed by atoms with Gasteiger partial charge in [0, 0.05) is 23.6 Å². The molecule has 2 bridgehead atoms. The van der Waals surface area contributed by atoms with E-state index in [1.807, 2.05) is 61.5 Å². The largest absolute Gasteiger partial charge is 0.494 e. The number of alkyl halides is 1. The van der Waals surface area contributed by atoms with E-state index in [9.17, 15) is 9.90 Å². The van der Waals surface area contributed by atoms with Gasteiger partial charge in [0.25, 0.3) is 0 Å². The number of carbonyl (C=O) groups excluding carboxylic acids is 3. The van der Waals surface area contributed by atoms with E-state index in [-0.39, 0.29) is 30.5 Å².